The summed E-state index contributed by atoms with van der Waals surface area (Å²) in [5.41, 5.74) is 0.267. The molecule has 1 aromatic rings. The number of carbonyl (C=O) groups is 2. The van der Waals surface area contributed by atoms with Crippen molar-refractivity contribution in [3.63, 3.8) is 0 Å². The van der Waals surface area contributed by atoms with E-state index in [0.29, 0.717) is 11.5 Å². The van der Waals surface area contributed by atoms with E-state index in [1.807, 2.05) is 0 Å². The van der Waals surface area contributed by atoms with Crippen LogP contribution in [0.15, 0.2) is 12.1 Å². The Morgan fingerprint density at radius 3 is 2.20 bits per heavy atom. The number of rotatable bonds is 7. The molecule has 7 nitrogen and oxygen atoms in total. The largest absolute Gasteiger partial charge is 0.493 e. The first-order valence-corrected chi connectivity index (χ1v) is 5.86. The van der Waals surface area contributed by atoms with Gasteiger partial charge >= 0.3 is 11.9 Å². The highest BCUT2D eigenvalue weighted by Crippen LogP contribution is 2.33. The van der Waals surface area contributed by atoms with E-state index in [9.17, 15) is 14.7 Å². The highest BCUT2D eigenvalue weighted by molar-refractivity contribution is 5.95. The highest BCUT2D eigenvalue weighted by atomic mass is 16.5. The lowest BCUT2D eigenvalue weighted by Crippen LogP contribution is -2.20. The topological polar surface area (TPSA) is 105 Å². The fourth-order valence-electron chi connectivity index (χ4n) is 1.55. The summed E-state index contributed by atoms with van der Waals surface area (Å²) in [7, 11) is 2.84. The lowest BCUT2D eigenvalue weighted by Gasteiger charge is -2.15. The second-order valence-electron chi connectivity index (χ2n) is 4.18. The number of hydrogen-bond donors (Lipinski definition) is 3. The van der Waals surface area contributed by atoms with Gasteiger partial charge in [-0.2, -0.15) is 0 Å². The molecule has 0 aliphatic rings. The van der Waals surface area contributed by atoms with Crippen LogP contribution in [-0.4, -0.2) is 42.9 Å². The molecule has 20 heavy (non-hydrogen) atoms. The molecule has 7 heteroatoms. The number of carboxylic acid groups (broad SMARTS) is 2. The summed E-state index contributed by atoms with van der Waals surface area (Å²) in [4.78, 5) is 22.0. The molecule has 0 spiro atoms. The number of aliphatic carboxylic acids is 1. The fraction of sp³-hybridized carbons (Fsp3) is 0.385. The maximum absolute atomic E-state index is 11.2. The van der Waals surface area contributed by atoms with Gasteiger partial charge in [-0.1, -0.05) is 6.92 Å². The van der Waals surface area contributed by atoms with Crippen LogP contribution in [-0.2, 0) is 4.79 Å². The minimum atomic E-state index is -1.14. The third-order valence-electron chi connectivity index (χ3n) is 2.77. The highest BCUT2D eigenvalue weighted by Gasteiger charge is 2.18. The van der Waals surface area contributed by atoms with Gasteiger partial charge in [-0.25, -0.2) is 4.79 Å². The average Bonchev–Trinajstić information content (AvgIpc) is 2.43. The monoisotopic (exact) mass is 283 g/mol. The van der Waals surface area contributed by atoms with Crippen LogP contribution in [0, 0.1) is 5.92 Å². The van der Waals surface area contributed by atoms with Gasteiger partial charge in [-0.15, -0.1) is 0 Å². The molecule has 1 aromatic carbocycles. The lowest BCUT2D eigenvalue weighted by molar-refractivity contribution is -0.140. The minimum absolute atomic E-state index is 0.0137. The first-order chi connectivity index (χ1) is 9.40. The van der Waals surface area contributed by atoms with Gasteiger partial charge in [0.1, 0.15) is 0 Å². The molecule has 0 saturated heterocycles. The second kappa shape index (κ2) is 6.65. The molecule has 1 unspecified atom stereocenters. The number of hydrogen-bond acceptors (Lipinski definition) is 5. The van der Waals surface area contributed by atoms with Crippen molar-refractivity contribution in [3.05, 3.63) is 17.7 Å². The van der Waals surface area contributed by atoms with Gasteiger partial charge in [0.05, 0.1) is 31.4 Å². The predicted octanol–water partition coefficient (Wildman–Crippen LogP) is 1.53. The molecule has 0 radical (unpaired) electrons. The average molecular weight is 283 g/mol. The van der Waals surface area contributed by atoms with E-state index in [1.165, 1.54) is 33.3 Å². The number of carboxylic acids is 2. The quantitative estimate of drug-likeness (QED) is 0.697. The van der Waals surface area contributed by atoms with Crippen molar-refractivity contribution in [1.82, 2.24) is 0 Å². The molecule has 0 aliphatic carbocycles. The van der Waals surface area contributed by atoms with Gasteiger partial charge in [-0.3, -0.25) is 4.79 Å². The molecule has 110 valence electrons. The van der Waals surface area contributed by atoms with Gasteiger partial charge in [0.25, 0.3) is 0 Å². The van der Waals surface area contributed by atoms with Gasteiger partial charge < -0.3 is 25.0 Å². The van der Waals surface area contributed by atoms with Crippen molar-refractivity contribution >= 4 is 17.6 Å². The van der Waals surface area contributed by atoms with E-state index in [1.54, 1.807) is 0 Å². The van der Waals surface area contributed by atoms with Crippen molar-refractivity contribution in [2.45, 2.75) is 6.92 Å². The zero-order valence-electron chi connectivity index (χ0n) is 11.5. The molecule has 0 bridgehead atoms. The molecule has 0 amide bonds. The van der Waals surface area contributed by atoms with E-state index >= 15 is 0 Å². The smallest absolute Gasteiger partial charge is 0.337 e. The summed E-state index contributed by atoms with van der Waals surface area (Å²) < 4.78 is 10.1. The summed E-state index contributed by atoms with van der Waals surface area (Å²) in [5.74, 6) is -2.10. The fourth-order valence-corrected chi connectivity index (χ4v) is 1.55. The number of benzene rings is 1. The molecular weight excluding hydrogens is 266 g/mol. The van der Waals surface area contributed by atoms with Crippen LogP contribution < -0.4 is 14.8 Å². The van der Waals surface area contributed by atoms with Crippen LogP contribution in [0.5, 0.6) is 11.5 Å². The van der Waals surface area contributed by atoms with Gasteiger partial charge in [0, 0.05) is 18.7 Å². The first kappa shape index (κ1) is 15.6. The summed E-state index contributed by atoms with van der Waals surface area (Å²) in [6, 6.07) is 2.80. The maximum Gasteiger partial charge on any atom is 0.337 e. The Balaban J connectivity index is 3.09. The molecule has 0 heterocycles. The lowest BCUT2D eigenvalue weighted by atomic mass is 10.1. The standard InChI is InChI=1S/C13H17NO6/c1-7(12(15)16)6-14-9-5-11(20-3)10(19-2)4-8(9)13(17)18/h4-5,7,14H,6H2,1-3H3,(H,15,16)(H,17,18). The number of nitrogens with one attached hydrogen (secondary N) is 1. The predicted molar refractivity (Wildman–Crippen MR) is 71.8 cm³/mol. The van der Waals surface area contributed by atoms with Crippen LogP contribution in [0.3, 0.4) is 0 Å². The molecule has 1 rings (SSSR count). The van der Waals surface area contributed by atoms with Crippen LogP contribution >= 0.6 is 0 Å². The number of methoxy groups -OCH3 is 2. The molecule has 3 N–H and O–H groups in total. The zero-order valence-corrected chi connectivity index (χ0v) is 11.5. The number of ether oxygens (including phenoxy) is 2. The summed E-state index contributed by atoms with van der Waals surface area (Å²) >= 11 is 0. The Kier molecular flexibility index (Phi) is 5.19. The van der Waals surface area contributed by atoms with Crippen molar-refractivity contribution in [1.29, 1.82) is 0 Å². The Hall–Kier alpha value is -2.44. The molecule has 1 atom stereocenters. The van der Waals surface area contributed by atoms with E-state index in [0.717, 1.165) is 0 Å². The van der Waals surface area contributed by atoms with Crippen LogP contribution in [0.2, 0.25) is 0 Å². The zero-order chi connectivity index (χ0) is 15.3. The Morgan fingerprint density at radius 2 is 1.75 bits per heavy atom. The van der Waals surface area contributed by atoms with Gasteiger partial charge in [0.15, 0.2) is 11.5 Å². The summed E-state index contributed by atoms with van der Waals surface area (Å²) in [6.07, 6.45) is 0. The molecule has 0 saturated carbocycles. The molecule has 0 aliphatic heterocycles. The van der Waals surface area contributed by atoms with Crippen molar-refractivity contribution < 1.29 is 29.3 Å². The van der Waals surface area contributed by atoms with Crippen molar-refractivity contribution in [3.8, 4) is 11.5 Å². The van der Waals surface area contributed by atoms with E-state index < -0.39 is 17.9 Å². The second-order valence-corrected chi connectivity index (χ2v) is 4.18. The normalized spacial score (nSPS) is 11.6. The van der Waals surface area contributed by atoms with Crippen molar-refractivity contribution in [2.75, 3.05) is 26.1 Å². The summed E-state index contributed by atoms with van der Waals surface area (Å²) in [5, 5.41) is 20.8. The third kappa shape index (κ3) is 3.53. The van der Waals surface area contributed by atoms with Crippen LogP contribution in [0.4, 0.5) is 5.69 Å². The SMILES string of the molecule is COc1cc(NCC(C)C(=O)O)c(C(=O)O)cc1OC. The Labute approximate surface area is 116 Å². The van der Waals surface area contributed by atoms with Gasteiger partial charge in [0.2, 0.25) is 0 Å². The van der Waals surface area contributed by atoms with E-state index in [-0.39, 0.29) is 17.8 Å². The Morgan fingerprint density at radius 1 is 1.20 bits per heavy atom. The molecule has 0 fully saturated rings. The molecule has 0 aromatic heterocycles. The Bertz CT molecular complexity index is 514. The maximum atomic E-state index is 11.2. The first-order valence-electron chi connectivity index (χ1n) is 5.86. The van der Waals surface area contributed by atoms with E-state index in [2.05, 4.69) is 5.32 Å². The van der Waals surface area contributed by atoms with Crippen LogP contribution in [0.25, 0.3) is 0 Å². The van der Waals surface area contributed by atoms with Crippen molar-refractivity contribution in [2.24, 2.45) is 5.92 Å². The summed E-state index contributed by atoms with van der Waals surface area (Å²) in [6.45, 7) is 1.63. The third-order valence-corrected chi connectivity index (χ3v) is 2.77. The molecular formula is C13H17NO6. The van der Waals surface area contributed by atoms with E-state index in [4.69, 9.17) is 14.6 Å². The van der Waals surface area contributed by atoms with Crippen LogP contribution in [0.1, 0.15) is 17.3 Å². The minimum Gasteiger partial charge on any atom is -0.493 e. The van der Waals surface area contributed by atoms with Gasteiger partial charge in [-0.05, 0) is 0 Å². The number of aromatic carboxylic acids is 1. The number of anilines is 1.